The summed E-state index contributed by atoms with van der Waals surface area (Å²) < 4.78 is 0. The van der Waals surface area contributed by atoms with Crippen molar-refractivity contribution in [3.63, 3.8) is 0 Å². The van der Waals surface area contributed by atoms with Gasteiger partial charge in [-0.1, -0.05) is 0 Å². The molecule has 1 atom stereocenters. The van der Waals surface area contributed by atoms with Crippen LogP contribution < -0.4 is 10.6 Å². The number of aromatic amines is 1. The Hall–Kier alpha value is -4.21. The number of hydrogen-bond acceptors (Lipinski definition) is 7. The van der Waals surface area contributed by atoms with Gasteiger partial charge in [0.1, 0.15) is 6.04 Å². The molecule has 2 aliphatic heterocycles. The van der Waals surface area contributed by atoms with E-state index in [0.717, 1.165) is 38.8 Å². The molecular formula is C21H25N9O4. The van der Waals surface area contributed by atoms with E-state index in [1.807, 2.05) is 0 Å². The molecule has 0 radical (unpaired) electrons. The number of hydrogen-bond donors (Lipinski definition) is 3. The molecule has 0 saturated carbocycles. The lowest BCUT2D eigenvalue weighted by atomic mass is 10.1. The third-order valence-corrected chi connectivity index (χ3v) is 5.99. The minimum Gasteiger partial charge on any atom is -0.341 e. The van der Waals surface area contributed by atoms with Crippen molar-refractivity contribution in [3.8, 4) is 6.19 Å². The number of nitrogens with zero attached hydrogens (tertiary/aromatic N) is 6. The molecule has 2 amide bonds. The van der Waals surface area contributed by atoms with E-state index in [-0.39, 0.29) is 35.8 Å². The number of nitro benzene ring substituents is 1. The number of carbonyl (C=O) groups is 2. The molecule has 3 heterocycles. The van der Waals surface area contributed by atoms with Crippen molar-refractivity contribution in [3.05, 3.63) is 28.3 Å². The van der Waals surface area contributed by atoms with Crippen LogP contribution in [-0.2, 0) is 9.59 Å². The van der Waals surface area contributed by atoms with Gasteiger partial charge < -0.3 is 15.1 Å². The fourth-order valence-corrected chi connectivity index (χ4v) is 4.22. The fraction of sp³-hybridized carbons (Fsp3) is 0.476. The lowest BCUT2D eigenvalue weighted by molar-refractivity contribution is -0.384. The average molecular weight is 467 g/mol. The van der Waals surface area contributed by atoms with Crippen molar-refractivity contribution in [1.29, 1.82) is 5.26 Å². The number of benzene rings is 1. The lowest BCUT2D eigenvalue weighted by Gasteiger charge is -2.25. The molecule has 13 heteroatoms. The van der Waals surface area contributed by atoms with Gasteiger partial charge in [-0.25, -0.2) is 4.99 Å². The third kappa shape index (κ3) is 5.06. The summed E-state index contributed by atoms with van der Waals surface area (Å²) in [6, 6.07) is 3.46. The number of aliphatic imine (C=N–C) groups is 1. The number of aromatic nitrogens is 2. The van der Waals surface area contributed by atoms with Gasteiger partial charge in [-0.2, -0.15) is 10.4 Å². The number of likely N-dealkylation sites (tertiary alicyclic amines) is 2. The van der Waals surface area contributed by atoms with E-state index in [2.05, 4.69) is 25.8 Å². The number of fused-ring (bicyclic) bond motifs is 1. The molecule has 4 rings (SSSR count). The number of nitro groups is 1. The monoisotopic (exact) mass is 467 g/mol. The summed E-state index contributed by atoms with van der Waals surface area (Å²) >= 11 is 0. The maximum Gasteiger partial charge on any atom is 0.270 e. The van der Waals surface area contributed by atoms with E-state index in [9.17, 15) is 25.0 Å². The predicted octanol–water partition coefficient (Wildman–Crippen LogP) is 1.31. The Kier molecular flexibility index (Phi) is 6.86. The van der Waals surface area contributed by atoms with E-state index < -0.39 is 11.0 Å². The van der Waals surface area contributed by atoms with E-state index in [1.165, 1.54) is 18.2 Å². The second-order valence-corrected chi connectivity index (χ2v) is 8.26. The predicted molar refractivity (Wildman–Crippen MR) is 123 cm³/mol. The highest BCUT2D eigenvalue weighted by Crippen LogP contribution is 2.25. The number of nitrogens with one attached hydrogen (secondary N) is 3. The average Bonchev–Trinajstić information content (AvgIpc) is 3.46. The third-order valence-electron chi connectivity index (χ3n) is 5.99. The van der Waals surface area contributed by atoms with Gasteiger partial charge in [0.15, 0.2) is 12.0 Å². The summed E-state index contributed by atoms with van der Waals surface area (Å²) in [6.45, 7) is 1.94. The zero-order chi connectivity index (χ0) is 24.1. The fourth-order valence-electron chi connectivity index (χ4n) is 4.22. The molecule has 178 valence electrons. The van der Waals surface area contributed by atoms with Gasteiger partial charge in [0.2, 0.25) is 17.8 Å². The molecule has 0 spiro atoms. The Bertz CT molecular complexity index is 1160. The molecule has 34 heavy (non-hydrogen) atoms. The number of carbonyl (C=O) groups excluding carboxylic acids is 2. The number of non-ortho nitro benzene ring substituents is 1. The number of amides is 2. The van der Waals surface area contributed by atoms with Crippen molar-refractivity contribution in [1.82, 2.24) is 25.3 Å². The SMILES string of the molecule is N#CNC(=N[C@H]1CCCCN(CC(=O)N2CCCC2)C1=O)Nc1n[nH]c2ccc([N+](=O)[O-])cc12. The Morgan fingerprint density at radius 3 is 2.79 bits per heavy atom. The quantitative estimate of drug-likeness (QED) is 0.147. The largest absolute Gasteiger partial charge is 0.341 e. The van der Waals surface area contributed by atoms with Crippen LogP contribution in [0.15, 0.2) is 23.2 Å². The molecule has 2 aromatic rings. The zero-order valence-corrected chi connectivity index (χ0v) is 18.5. The number of H-pyrrole nitrogens is 1. The second kappa shape index (κ2) is 10.2. The molecule has 0 unspecified atom stereocenters. The van der Waals surface area contributed by atoms with Crippen LogP contribution in [-0.4, -0.2) is 74.9 Å². The van der Waals surface area contributed by atoms with E-state index in [1.54, 1.807) is 16.0 Å². The maximum atomic E-state index is 13.2. The minimum absolute atomic E-state index is 0.00604. The lowest BCUT2D eigenvalue weighted by Crippen LogP contribution is -2.45. The van der Waals surface area contributed by atoms with Gasteiger partial charge in [0.05, 0.1) is 22.4 Å². The van der Waals surface area contributed by atoms with Crippen LogP contribution in [0.5, 0.6) is 0 Å². The van der Waals surface area contributed by atoms with Crippen molar-refractivity contribution in [2.24, 2.45) is 4.99 Å². The Morgan fingerprint density at radius 1 is 1.29 bits per heavy atom. The number of nitriles is 1. The molecule has 1 aromatic carbocycles. The first-order chi connectivity index (χ1) is 16.5. The van der Waals surface area contributed by atoms with Crippen LogP contribution in [0.3, 0.4) is 0 Å². The van der Waals surface area contributed by atoms with Crippen molar-refractivity contribution in [2.45, 2.75) is 38.1 Å². The van der Waals surface area contributed by atoms with Gasteiger partial charge in [-0.3, -0.25) is 30.1 Å². The summed E-state index contributed by atoms with van der Waals surface area (Å²) in [4.78, 5) is 44.1. The highest BCUT2D eigenvalue weighted by atomic mass is 16.6. The molecule has 2 fully saturated rings. The molecule has 13 nitrogen and oxygen atoms in total. The van der Waals surface area contributed by atoms with Crippen molar-refractivity contribution in [2.75, 3.05) is 31.5 Å². The van der Waals surface area contributed by atoms with Crippen LogP contribution in [0.25, 0.3) is 10.9 Å². The molecular weight excluding hydrogens is 442 g/mol. The Labute approximate surface area is 194 Å². The minimum atomic E-state index is -0.781. The van der Waals surface area contributed by atoms with Crippen molar-refractivity contribution >= 4 is 40.2 Å². The van der Waals surface area contributed by atoms with Crippen LogP contribution in [0.4, 0.5) is 11.5 Å². The van der Waals surface area contributed by atoms with Crippen LogP contribution in [0.1, 0.15) is 32.1 Å². The van der Waals surface area contributed by atoms with E-state index >= 15 is 0 Å². The van der Waals surface area contributed by atoms with Crippen molar-refractivity contribution < 1.29 is 14.5 Å². The van der Waals surface area contributed by atoms with E-state index in [4.69, 9.17) is 0 Å². The van der Waals surface area contributed by atoms with Gasteiger partial charge in [0, 0.05) is 31.8 Å². The molecule has 0 aliphatic carbocycles. The summed E-state index contributed by atoms with van der Waals surface area (Å²) in [6.07, 6.45) is 5.71. The summed E-state index contributed by atoms with van der Waals surface area (Å²) in [5, 5.41) is 32.9. The van der Waals surface area contributed by atoms with Crippen LogP contribution in [0.2, 0.25) is 0 Å². The highest BCUT2D eigenvalue weighted by Gasteiger charge is 2.30. The van der Waals surface area contributed by atoms with Gasteiger partial charge in [-0.05, 0) is 38.2 Å². The first kappa shape index (κ1) is 23.0. The Balaban J connectivity index is 1.54. The summed E-state index contributed by atoms with van der Waals surface area (Å²) in [5.41, 5.74) is 0.447. The molecule has 0 bridgehead atoms. The zero-order valence-electron chi connectivity index (χ0n) is 18.5. The molecule has 2 saturated heterocycles. The number of guanidine groups is 1. The number of rotatable bonds is 5. The van der Waals surface area contributed by atoms with Gasteiger partial charge in [0.25, 0.3) is 5.69 Å². The maximum absolute atomic E-state index is 13.2. The smallest absolute Gasteiger partial charge is 0.270 e. The van der Waals surface area contributed by atoms with E-state index in [0.29, 0.717) is 23.9 Å². The first-order valence-corrected chi connectivity index (χ1v) is 11.2. The van der Waals surface area contributed by atoms with Crippen LogP contribution in [0, 0.1) is 21.6 Å². The topological polar surface area (TPSA) is 173 Å². The Morgan fingerprint density at radius 2 is 2.06 bits per heavy atom. The molecule has 3 N–H and O–H groups in total. The van der Waals surface area contributed by atoms with Crippen LogP contribution >= 0.6 is 0 Å². The second-order valence-electron chi connectivity index (χ2n) is 8.26. The highest BCUT2D eigenvalue weighted by molar-refractivity contribution is 6.03. The number of anilines is 1. The normalized spacial score (nSPS) is 19.1. The molecule has 2 aliphatic rings. The van der Waals surface area contributed by atoms with Gasteiger partial charge in [-0.15, -0.1) is 0 Å². The molecule has 1 aromatic heterocycles. The first-order valence-electron chi connectivity index (χ1n) is 11.2. The summed E-state index contributed by atoms with van der Waals surface area (Å²) in [7, 11) is 0. The summed E-state index contributed by atoms with van der Waals surface area (Å²) in [5.74, 6) is -0.115. The standard InChI is InChI=1S/C21H25N9O4/c22-13-23-21(25-19-15-11-14(30(33)34)6-7-16(15)26-27-19)24-17-5-1-2-10-29(20(17)32)12-18(31)28-8-3-4-9-28/h6-7,11,17H,1-5,8-10,12H2,(H3,23,24,25,26,27)/t17-/m0/s1. The van der Waals surface area contributed by atoms with Gasteiger partial charge >= 0.3 is 0 Å².